The second-order valence-corrected chi connectivity index (χ2v) is 4.46. The smallest absolute Gasteiger partial charge is 0.227 e. The molecule has 0 heterocycles. The van der Waals surface area contributed by atoms with E-state index in [0.29, 0.717) is 11.3 Å². The first kappa shape index (κ1) is 14.2. The first-order valence-corrected chi connectivity index (χ1v) is 6.52. The van der Waals surface area contributed by atoms with Crippen molar-refractivity contribution in [2.45, 2.75) is 39.5 Å². The molecule has 1 amide bonds. The molecule has 1 N–H and O–H groups in total. The van der Waals surface area contributed by atoms with Crippen molar-refractivity contribution in [2.24, 2.45) is 5.92 Å². The van der Waals surface area contributed by atoms with Crippen LogP contribution in [0.4, 0.5) is 5.69 Å². The standard InChI is InChI=1S/C15H20N2O/c1-3-6-13(7-4-2)15(18)17-14-9-5-8-12(10-14)11-16/h5,8-10,13H,3-4,6-7H2,1-2H3,(H,17,18). The summed E-state index contributed by atoms with van der Waals surface area (Å²) in [6, 6.07) is 9.09. The van der Waals surface area contributed by atoms with Gasteiger partial charge in [-0.05, 0) is 31.0 Å². The summed E-state index contributed by atoms with van der Waals surface area (Å²) in [5.74, 6) is 0.138. The number of carbonyl (C=O) groups is 1. The van der Waals surface area contributed by atoms with Crippen LogP contribution in [0.5, 0.6) is 0 Å². The van der Waals surface area contributed by atoms with E-state index in [9.17, 15) is 4.79 Å². The van der Waals surface area contributed by atoms with Crippen LogP contribution in [-0.2, 0) is 4.79 Å². The maximum atomic E-state index is 12.1. The van der Waals surface area contributed by atoms with Gasteiger partial charge in [0.1, 0.15) is 0 Å². The van der Waals surface area contributed by atoms with E-state index in [-0.39, 0.29) is 11.8 Å². The van der Waals surface area contributed by atoms with Gasteiger partial charge in [0.15, 0.2) is 0 Å². The highest BCUT2D eigenvalue weighted by Crippen LogP contribution is 2.17. The van der Waals surface area contributed by atoms with Gasteiger partial charge in [0, 0.05) is 11.6 Å². The largest absolute Gasteiger partial charge is 0.326 e. The number of amides is 1. The summed E-state index contributed by atoms with van der Waals surface area (Å²) in [5.41, 5.74) is 1.27. The van der Waals surface area contributed by atoms with Crippen molar-refractivity contribution in [3.63, 3.8) is 0 Å². The molecular weight excluding hydrogens is 224 g/mol. The number of anilines is 1. The van der Waals surface area contributed by atoms with E-state index in [1.807, 2.05) is 6.07 Å². The summed E-state index contributed by atoms with van der Waals surface area (Å²) < 4.78 is 0. The molecule has 1 aromatic rings. The minimum absolute atomic E-state index is 0.0637. The van der Waals surface area contributed by atoms with Gasteiger partial charge in [0.05, 0.1) is 11.6 Å². The maximum absolute atomic E-state index is 12.1. The fourth-order valence-corrected chi connectivity index (χ4v) is 2.01. The monoisotopic (exact) mass is 244 g/mol. The summed E-state index contributed by atoms with van der Waals surface area (Å²) in [4.78, 5) is 12.1. The molecule has 18 heavy (non-hydrogen) atoms. The van der Waals surface area contributed by atoms with Crippen LogP contribution in [0.1, 0.15) is 45.1 Å². The van der Waals surface area contributed by atoms with Crippen LogP contribution in [0, 0.1) is 17.2 Å². The Morgan fingerprint density at radius 3 is 2.56 bits per heavy atom. The molecule has 0 atom stereocenters. The van der Waals surface area contributed by atoms with E-state index in [0.717, 1.165) is 25.7 Å². The number of benzene rings is 1. The van der Waals surface area contributed by atoms with Gasteiger partial charge in [-0.2, -0.15) is 5.26 Å². The molecule has 0 spiro atoms. The summed E-state index contributed by atoms with van der Waals surface area (Å²) in [6.45, 7) is 4.18. The second kappa shape index (κ2) is 7.50. The predicted molar refractivity (Wildman–Crippen MR) is 73.1 cm³/mol. The van der Waals surface area contributed by atoms with E-state index in [4.69, 9.17) is 5.26 Å². The molecule has 0 aliphatic carbocycles. The predicted octanol–water partition coefficient (Wildman–Crippen LogP) is 3.71. The Labute approximate surface area is 109 Å². The van der Waals surface area contributed by atoms with Crippen molar-refractivity contribution in [2.75, 3.05) is 5.32 Å². The third-order valence-corrected chi connectivity index (χ3v) is 2.90. The summed E-state index contributed by atoms with van der Waals surface area (Å²) in [7, 11) is 0. The zero-order chi connectivity index (χ0) is 13.4. The van der Waals surface area contributed by atoms with Gasteiger partial charge in [0.2, 0.25) is 5.91 Å². The van der Waals surface area contributed by atoms with E-state index in [1.165, 1.54) is 0 Å². The lowest BCUT2D eigenvalue weighted by molar-refractivity contribution is -0.120. The van der Waals surface area contributed by atoms with E-state index >= 15 is 0 Å². The van der Waals surface area contributed by atoms with Crippen LogP contribution < -0.4 is 5.32 Å². The molecule has 0 unspecified atom stereocenters. The van der Waals surface area contributed by atoms with Crippen molar-refractivity contribution < 1.29 is 4.79 Å². The van der Waals surface area contributed by atoms with Crippen LogP contribution >= 0.6 is 0 Å². The average Bonchev–Trinajstić information content (AvgIpc) is 2.38. The van der Waals surface area contributed by atoms with Gasteiger partial charge in [0.25, 0.3) is 0 Å². The average molecular weight is 244 g/mol. The fraction of sp³-hybridized carbons (Fsp3) is 0.467. The molecule has 0 aliphatic rings. The summed E-state index contributed by atoms with van der Waals surface area (Å²) in [6.07, 6.45) is 3.85. The fourth-order valence-electron chi connectivity index (χ4n) is 2.01. The molecule has 3 heteroatoms. The Kier molecular flexibility index (Phi) is 5.93. The SMILES string of the molecule is CCCC(CCC)C(=O)Nc1cccc(C#N)c1. The molecule has 0 fully saturated rings. The van der Waals surface area contributed by atoms with Crippen molar-refractivity contribution in [1.29, 1.82) is 5.26 Å². The first-order valence-electron chi connectivity index (χ1n) is 6.52. The van der Waals surface area contributed by atoms with Crippen molar-refractivity contribution in [1.82, 2.24) is 0 Å². The topological polar surface area (TPSA) is 52.9 Å². The van der Waals surface area contributed by atoms with Crippen molar-refractivity contribution in [3.8, 4) is 6.07 Å². The Morgan fingerprint density at radius 2 is 2.00 bits per heavy atom. The number of rotatable bonds is 6. The van der Waals surface area contributed by atoms with E-state index < -0.39 is 0 Å². The van der Waals surface area contributed by atoms with E-state index in [2.05, 4.69) is 25.2 Å². The molecule has 0 bridgehead atoms. The van der Waals surface area contributed by atoms with E-state index in [1.54, 1.807) is 18.2 Å². The lowest BCUT2D eigenvalue weighted by Gasteiger charge is -2.15. The van der Waals surface area contributed by atoms with Gasteiger partial charge in [-0.25, -0.2) is 0 Å². The summed E-state index contributed by atoms with van der Waals surface area (Å²) in [5, 5.41) is 11.7. The van der Waals surface area contributed by atoms with Crippen molar-refractivity contribution in [3.05, 3.63) is 29.8 Å². The minimum atomic E-state index is 0.0637. The quantitative estimate of drug-likeness (QED) is 0.829. The normalized spacial score (nSPS) is 10.1. The van der Waals surface area contributed by atoms with Gasteiger partial charge in [-0.15, -0.1) is 0 Å². The summed E-state index contributed by atoms with van der Waals surface area (Å²) >= 11 is 0. The molecule has 1 aromatic carbocycles. The molecule has 0 aromatic heterocycles. The Hall–Kier alpha value is -1.82. The number of hydrogen-bond donors (Lipinski definition) is 1. The van der Waals surface area contributed by atoms with Crippen LogP contribution in [0.3, 0.4) is 0 Å². The number of hydrogen-bond acceptors (Lipinski definition) is 2. The third kappa shape index (κ3) is 4.21. The van der Waals surface area contributed by atoms with Gasteiger partial charge >= 0.3 is 0 Å². The molecular formula is C15H20N2O. The molecule has 3 nitrogen and oxygen atoms in total. The van der Waals surface area contributed by atoms with Crippen molar-refractivity contribution >= 4 is 11.6 Å². The first-order chi connectivity index (χ1) is 8.71. The molecule has 0 saturated heterocycles. The zero-order valence-electron chi connectivity index (χ0n) is 11.1. The van der Waals surface area contributed by atoms with Gasteiger partial charge in [-0.3, -0.25) is 4.79 Å². The number of nitriles is 1. The van der Waals surface area contributed by atoms with Crippen LogP contribution in [-0.4, -0.2) is 5.91 Å². The Morgan fingerprint density at radius 1 is 1.33 bits per heavy atom. The highest BCUT2D eigenvalue weighted by molar-refractivity contribution is 5.92. The minimum Gasteiger partial charge on any atom is -0.326 e. The molecule has 0 radical (unpaired) electrons. The lowest BCUT2D eigenvalue weighted by Crippen LogP contribution is -2.22. The van der Waals surface area contributed by atoms with Crippen LogP contribution in [0.15, 0.2) is 24.3 Å². The van der Waals surface area contributed by atoms with Crippen LogP contribution in [0.25, 0.3) is 0 Å². The third-order valence-electron chi connectivity index (χ3n) is 2.90. The maximum Gasteiger partial charge on any atom is 0.227 e. The second-order valence-electron chi connectivity index (χ2n) is 4.46. The Bertz CT molecular complexity index is 428. The van der Waals surface area contributed by atoms with Gasteiger partial charge < -0.3 is 5.32 Å². The molecule has 0 aliphatic heterocycles. The molecule has 96 valence electrons. The van der Waals surface area contributed by atoms with Crippen LogP contribution in [0.2, 0.25) is 0 Å². The number of carbonyl (C=O) groups excluding carboxylic acids is 1. The Balaban J connectivity index is 2.69. The lowest BCUT2D eigenvalue weighted by atomic mass is 9.97. The zero-order valence-corrected chi connectivity index (χ0v) is 11.1. The van der Waals surface area contributed by atoms with Gasteiger partial charge in [-0.1, -0.05) is 32.8 Å². The number of nitrogens with zero attached hydrogens (tertiary/aromatic N) is 1. The molecule has 0 saturated carbocycles. The number of nitrogens with one attached hydrogen (secondary N) is 1. The highest BCUT2D eigenvalue weighted by atomic mass is 16.1. The highest BCUT2D eigenvalue weighted by Gasteiger charge is 2.16. The molecule has 1 rings (SSSR count).